The lowest BCUT2D eigenvalue weighted by molar-refractivity contribution is -0.689. The summed E-state index contributed by atoms with van der Waals surface area (Å²) in [5, 5.41) is 5.48. The van der Waals surface area contributed by atoms with Crippen LogP contribution in [0.4, 0.5) is 0 Å². The number of benzene rings is 3. The van der Waals surface area contributed by atoms with Crippen LogP contribution in [0.25, 0.3) is 43.8 Å². The van der Waals surface area contributed by atoms with Crippen molar-refractivity contribution in [1.29, 1.82) is 0 Å². The molecule has 0 saturated heterocycles. The van der Waals surface area contributed by atoms with Crippen molar-refractivity contribution in [2.75, 3.05) is 0 Å². The molecule has 0 spiro atoms. The van der Waals surface area contributed by atoms with Gasteiger partial charge in [0.1, 0.15) is 0 Å². The minimum atomic E-state index is 0.839. The predicted molar refractivity (Wildman–Crippen MR) is 112 cm³/mol. The molecule has 0 aliphatic carbocycles. The average molecular weight is 349 g/mol. The van der Waals surface area contributed by atoms with Crippen molar-refractivity contribution in [3.8, 4) is 11.3 Å². The molecule has 27 heavy (non-hydrogen) atoms. The summed E-state index contributed by atoms with van der Waals surface area (Å²) in [6.45, 7) is 7.44. The molecule has 0 fully saturated rings. The van der Waals surface area contributed by atoms with Gasteiger partial charge in [-0.2, -0.15) is 4.57 Å². The Labute approximate surface area is 158 Å². The van der Waals surface area contributed by atoms with Crippen LogP contribution >= 0.6 is 0 Å². The number of hydrogen-bond acceptors (Lipinski definition) is 0. The first kappa shape index (κ1) is 15.0. The first-order valence-electron chi connectivity index (χ1n) is 9.57. The van der Waals surface area contributed by atoms with Crippen LogP contribution in [0, 0.1) is 20.8 Å². The van der Waals surface area contributed by atoms with Gasteiger partial charge in [0.05, 0.1) is 16.6 Å². The SMILES string of the molecule is Cc1cc[n+]2c(c1)-c1cccc3c(C)cc4c5cc(C)ccc5n(c4c13)C2. The van der Waals surface area contributed by atoms with Crippen LogP contribution in [0.5, 0.6) is 0 Å². The van der Waals surface area contributed by atoms with E-state index in [1.54, 1.807) is 0 Å². The zero-order valence-corrected chi connectivity index (χ0v) is 15.9. The van der Waals surface area contributed by atoms with E-state index in [0.717, 1.165) is 6.67 Å². The second kappa shape index (κ2) is 4.98. The second-order valence-electron chi connectivity index (χ2n) is 7.97. The van der Waals surface area contributed by atoms with Gasteiger partial charge >= 0.3 is 0 Å². The topological polar surface area (TPSA) is 8.81 Å². The van der Waals surface area contributed by atoms with E-state index >= 15 is 0 Å². The van der Waals surface area contributed by atoms with E-state index in [0.29, 0.717) is 0 Å². The number of hydrogen-bond donors (Lipinski definition) is 0. The van der Waals surface area contributed by atoms with Gasteiger partial charge in [0.2, 0.25) is 12.4 Å². The van der Waals surface area contributed by atoms with E-state index in [-0.39, 0.29) is 0 Å². The number of aryl methyl sites for hydroxylation is 3. The lowest BCUT2D eigenvalue weighted by Gasteiger charge is -2.08. The molecule has 130 valence electrons. The summed E-state index contributed by atoms with van der Waals surface area (Å²) in [6, 6.07) is 20.5. The monoisotopic (exact) mass is 349 g/mol. The van der Waals surface area contributed by atoms with Crippen molar-refractivity contribution in [2.45, 2.75) is 27.4 Å². The molecule has 0 radical (unpaired) electrons. The maximum Gasteiger partial charge on any atom is 0.228 e. The van der Waals surface area contributed by atoms with Gasteiger partial charge in [0.15, 0.2) is 6.20 Å². The zero-order chi connectivity index (χ0) is 18.3. The zero-order valence-electron chi connectivity index (χ0n) is 15.9. The minimum Gasteiger partial charge on any atom is -0.284 e. The summed E-state index contributed by atoms with van der Waals surface area (Å²) in [5.74, 6) is 0. The molecule has 3 heterocycles. The molecule has 0 bridgehead atoms. The average Bonchev–Trinajstić information content (AvgIpc) is 2.87. The summed E-state index contributed by atoms with van der Waals surface area (Å²) in [7, 11) is 0. The van der Waals surface area contributed by atoms with Gasteiger partial charge in [-0.1, -0.05) is 23.8 Å². The van der Waals surface area contributed by atoms with Crippen LogP contribution < -0.4 is 4.57 Å². The van der Waals surface area contributed by atoms with Crippen LogP contribution in [0.2, 0.25) is 0 Å². The van der Waals surface area contributed by atoms with Crippen molar-refractivity contribution >= 4 is 32.6 Å². The number of pyridine rings is 1. The Kier molecular flexibility index (Phi) is 2.76. The van der Waals surface area contributed by atoms with Crippen molar-refractivity contribution in [3.63, 3.8) is 0 Å². The Balaban J connectivity index is 1.96. The summed E-state index contributed by atoms with van der Waals surface area (Å²) in [4.78, 5) is 0. The van der Waals surface area contributed by atoms with E-state index in [4.69, 9.17) is 0 Å². The second-order valence-corrected chi connectivity index (χ2v) is 7.97. The molecule has 1 aliphatic heterocycles. The van der Waals surface area contributed by atoms with E-state index in [2.05, 4.69) is 90.7 Å². The van der Waals surface area contributed by atoms with Gasteiger partial charge in [-0.3, -0.25) is 4.57 Å². The van der Waals surface area contributed by atoms with Gasteiger partial charge in [0.25, 0.3) is 0 Å². The first-order chi connectivity index (χ1) is 13.1. The van der Waals surface area contributed by atoms with E-state index in [1.165, 1.54) is 60.5 Å². The molecule has 0 N–H and O–H groups in total. The highest BCUT2D eigenvalue weighted by molar-refractivity contribution is 6.22. The molecular weight excluding hydrogens is 328 g/mol. The van der Waals surface area contributed by atoms with Crippen molar-refractivity contribution in [2.24, 2.45) is 0 Å². The predicted octanol–water partition coefficient (Wildman–Crippen LogP) is 5.65. The van der Waals surface area contributed by atoms with E-state index in [9.17, 15) is 0 Å². The van der Waals surface area contributed by atoms with Crippen molar-refractivity contribution in [1.82, 2.24) is 4.57 Å². The summed E-state index contributed by atoms with van der Waals surface area (Å²) in [6.07, 6.45) is 2.23. The van der Waals surface area contributed by atoms with Gasteiger partial charge in [0, 0.05) is 28.3 Å². The van der Waals surface area contributed by atoms with E-state index in [1.807, 2.05) is 0 Å². The molecule has 5 aromatic rings. The Morgan fingerprint density at radius 1 is 0.815 bits per heavy atom. The number of aromatic nitrogens is 2. The Morgan fingerprint density at radius 2 is 1.67 bits per heavy atom. The van der Waals surface area contributed by atoms with Crippen LogP contribution in [0.15, 0.2) is 60.8 Å². The summed E-state index contributed by atoms with van der Waals surface area (Å²) < 4.78 is 4.89. The fourth-order valence-corrected chi connectivity index (χ4v) is 4.84. The lowest BCUT2D eigenvalue weighted by Crippen LogP contribution is -2.38. The highest BCUT2D eigenvalue weighted by Gasteiger charge is 2.26. The molecule has 2 heteroatoms. The fourth-order valence-electron chi connectivity index (χ4n) is 4.84. The van der Waals surface area contributed by atoms with Gasteiger partial charge < -0.3 is 0 Å². The Morgan fingerprint density at radius 3 is 2.56 bits per heavy atom. The van der Waals surface area contributed by atoms with Crippen LogP contribution in [-0.4, -0.2) is 4.57 Å². The molecule has 0 saturated carbocycles. The van der Waals surface area contributed by atoms with Crippen LogP contribution in [-0.2, 0) is 6.67 Å². The molecule has 0 unspecified atom stereocenters. The summed E-state index contributed by atoms with van der Waals surface area (Å²) in [5.41, 5.74) is 9.29. The maximum absolute atomic E-state index is 2.50. The normalized spacial score (nSPS) is 12.9. The quantitative estimate of drug-likeness (QED) is 0.314. The highest BCUT2D eigenvalue weighted by Crippen LogP contribution is 2.41. The molecule has 2 nitrogen and oxygen atoms in total. The third kappa shape index (κ3) is 1.88. The number of nitrogens with zero attached hydrogens (tertiary/aromatic N) is 2. The standard InChI is InChI=1S/C25H21N2/c1-15-7-8-22-20(11-15)21-13-17(3)18-5-4-6-19-23-12-16(2)9-10-26(23)14-27(22)25(21)24(18)19/h4-13H,14H2,1-3H3/q+1. The fraction of sp³-hybridized carbons (Fsp3) is 0.160. The number of fused-ring (bicyclic) bond motifs is 5. The Bertz CT molecular complexity index is 1420. The van der Waals surface area contributed by atoms with Crippen LogP contribution in [0.1, 0.15) is 16.7 Å². The molecule has 1 aliphatic rings. The van der Waals surface area contributed by atoms with Crippen molar-refractivity contribution in [3.05, 3.63) is 77.5 Å². The molecular formula is C25H21N2+. The molecule has 0 amide bonds. The minimum absolute atomic E-state index is 0.839. The van der Waals surface area contributed by atoms with Crippen LogP contribution in [0.3, 0.4) is 0 Å². The third-order valence-corrected chi connectivity index (χ3v) is 6.11. The highest BCUT2D eigenvalue weighted by atomic mass is 15.2. The molecule has 2 aromatic heterocycles. The largest absolute Gasteiger partial charge is 0.284 e. The summed E-state index contributed by atoms with van der Waals surface area (Å²) >= 11 is 0. The molecule has 3 aromatic carbocycles. The maximum atomic E-state index is 2.50. The smallest absolute Gasteiger partial charge is 0.228 e. The molecule has 6 rings (SSSR count). The third-order valence-electron chi connectivity index (χ3n) is 6.11. The lowest BCUT2D eigenvalue weighted by atomic mass is 9.95. The van der Waals surface area contributed by atoms with Crippen molar-refractivity contribution < 1.29 is 4.57 Å². The molecule has 0 atom stereocenters. The van der Waals surface area contributed by atoms with E-state index < -0.39 is 0 Å². The van der Waals surface area contributed by atoms with Gasteiger partial charge in [-0.25, -0.2) is 0 Å². The van der Waals surface area contributed by atoms with Gasteiger partial charge in [-0.15, -0.1) is 0 Å². The Hall–Kier alpha value is -3.13. The van der Waals surface area contributed by atoms with Gasteiger partial charge in [-0.05, 0) is 61.5 Å². The number of rotatable bonds is 0. The first-order valence-corrected chi connectivity index (χ1v) is 9.57.